The highest BCUT2D eigenvalue weighted by Gasteiger charge is 2.27. The second kappa shape index (κ2) is 10.2. The molecule has 3 aromatic rings. The molecule has 35 heavy (non-hydrogen) atoms. The fraction of sp³-hybridized carbons (Fsp3) is 0.200. The van der Waals surface area contributed by atoms with Crippen LogP contribution in [0.1, 0.15) is 15.9 Å². The van der Waals surface area contributed by atoms with E-state index in [2.05, 4.69) is 21.2 Å². The molecule has 0 fully saturated rings. The van der Waals surface area contributed by atoms with Crippen LogP contribution in [0.15, 0.2) is 76.1 Å². The summed E-state index contributed by atoms with van der Waals surface area (Å²) in [5.74, 6) is 0.0369. The second-order valence-electron chi connectivity index (χ2n) is 8.04. The molecule has 182 valence electrons. The fourth-order valence-electron chi connectivity index (χ4n) is 3.83. The molecular formula is C25H24BrN3O5S. The first kappa shape index (κ1) is 24.9. The monoisotopic (exact) mass is 557 g/mol. The Kier molecular flexibility index (Phi) is 7.25. The minimum Gasteiger partial charge on any atom is -0.497 e. The number of hydrogen-bond acceptors (Lipinski definition) is 5. The summed E-state index contributed by atoms with van der Waals surface area (Å²) in [5.41, 5.74) is 2.74. The first-order valence-corrected chi connectivity index (χ1v) is 13.0. The molecule has 0 saturated heterocycles. The van der Waals surface area contributed by atoms with Crippen molar-refractivity contribution in [3.8, 4) is 5.75 Å². The summed E-state index contributed by atoms with van der Waals surface area (Å²) < 4.78 is 32.4. The number of ether oxygens (including phenoxy) is 1. The largest absolute Gasteiger partial charge is 0.497 e. The Balaban J connectivity index is 1.46. The van der Waals surface area contributed by atoms with Gasteiger partial charge in [0.15, 0.2) is 0 Å². The van der Waals surface area contributed by atoms with Gasteiger partial charge in [0, 0.05) is 35.0 Å². The average molecular weight is 558 g/mol. The number of sulfonamides is 1. The van der Waals surface area contributed by atoms with Gasteiger partial charge in [-0.15, -0.1) is 0 Å². The molecule has 1 N–H and O–H groups in total. The Hall–Kier alpha value is -3.21. The van der Waals surface area contributed by atoms with E-state index in [4.69, 9.17) is 4.74 Å². The van der Waals surface area contributed by atoms with Crippen molar-refractivity contribution in [3.05, 3.63) is 82.3 Å². The van der Waals surface area contributed by atoms with E-state index in [9.17, 15) is 18.0 Å². The SMILES string of the molecule is COc1ccc(C(=O)N2CCc3ccc(NC(=O)CN(C)S(=O)(=O)c4ccc(Br)cc4)cc32)cc1. The summed E-state index contributed by atoms with van der Waals surface area (Å²) in [5, 5.41) is 2.74. The number of hydrogen-bond donors (Lipinski definition) is 1. The van der Waals surface area contributed by atoms with E-state index in [0.717, 1.165) is 20.0 Å². The molecule has 1 heterocycles. The summed E-state index contributed by atoms with van der Waals surface area (Å²) in [6.07, 6.45) is 0.708. The first-order chi connectivity index (χ1) is 16.7. The van der Waals surface area contributed by atoms with Crippen LogP contribution in [0.5, 0.6) is 5.75 Å². The lowest BCUT2D eigenvalue weighted by Crippen LogP contribution is -2.35. The number of likely N-dealkylation sites (N-methyl/N-ethyl adjacent to an activating group) is 1. The molecule has 2 amide bonds. The molecule has 0 atom stereocenters. The Bertz CT molecular complexity index is 1360. The van der Waals surface area contributed by atoms with Crippen molar-refractivity contribution in [2.45, 2.75) is 11.3 Å². The molecule has 0 aromatic heterocycles. The van der Waals surface area contributed by atoms with E-state index in [1.54, 1.807) is 60.5 Å². The number of amides is 2. The van der Waals surface area contributed by atoms with Crippen LogP contribution in [0, 0.1) is 0 Å². The molecule has 4 rings (SSSR count). The molecular weight excluding hydrogens is 534 g/mol. The predicted octanol–water partition coefficient (Wildman–Crippen LogP) is 3.92. The predicted molar refractivity (Wildman–Crippen MR) is 137 cm³/mol. The molecule has 0 bridgehead atoms. The molecule has 0 radical (unpaired) electrons. The Labute approximate surface area is 212 Å². The van der Waals surface area contributed by atoms with E-state index in [-0.39, 0.29) is 17.3 Å². The lowest BCUT2D eigenvalue weighted by Gasteiger charge is -2.19. The van der Waals surface area contributed by atoms with Crippen molar-refractivity contribution in [3.63, 3.8) is 0 Å². The quantitative estimate of drug-likeness (QED) is 0.475. The smallest absolute Gasteiger partial charge is 0.258 e. The standard InChI is InChI=1S/C25H24BrN3O5S/c1-28(35(32,33)22-11-6-19(26)7-12-22)16-24(30)27-20-8-3-17-13-14-29(23(17)15-20)25(31)18-4-9-21(34-2)10-5-18/h3-12,15H,13-14,16H2,1-2H3,(H,27,30). The zero-order chi connectivity index (χ0) is 25.2. The van der Waals surface area contributed by atoms with Crippen molar-refractivity contribution < 1.29 is 22.7 Å². The molecule has 0 spiro atoms. The van der Waals surface area contributed by atoms with Gasteiger partial charge in [-0.2, -0.15) is 4.31 Å². The van der Waals surface area contributed by atoms with Crippen LogP contribution >= 0.6 is 15.9 Å². The van der Waals surface area contributed by atoms with E-state index in [1.807, 2.05) is 6.07 Å². The van der Waals surface area contributed by atoms with Gasteiger partial charge in [0.1, 0.15) is 5.75 Å². The summed E-state index contributed by atoms with van der Waals surface area (Å²) in [6.45, 7) is 0.176. The highest BCUT2D eigenvalue weighted by atomic mass is 79.9. The summed E-state index contributed by atoms with van der Waals surface area (Å²) in [7, 11) is -0.896. The molecule has 1 aliphatic heterocycles. The van der Waals surface area contributed by atoms with Crippen LogP contribution in [0.25, 0.3) is 0 Å². The highest BCUT2D eigenvalue weighted by Crippen LogP contribution is 2.32. The third kappa shape index (κ3) is 5.39. The number of carbonyl (C=O) groups excluding carboxylic acids is 2. The maximum absolute atomic E-state index is 13.1. The topological polar surface area (TPSA) is 96.0 Å². The zero-order valence-electron chi connectivity index (χ0n) is 19.2. The number of halogens is 1. The van der Waals surface area contributed by atoms with Crippen LogP contribution in [0.4, 0.5) is 11.4 Å². The Morgan fingerprint density at radius 1 is 1.06 bits per heavy atom. The lowest BCUT2D eigenvalue weighted by atomic mass is 10.1. The number of carbonyl (C=O) groups is 2. The number of benzene rings is 3. The number of fused-ring (bicyclic) bond motifs is 1. The van der Waals surface area contributed by atoms with Crippen LogP contribution in [0.3, 0.4) is 0 Å². The first-order valence-electron chi connectivity index (χ1n) is 10.8. The number of nitrogens with one attached hydrogen (secondary N) is 1. The zero-order valence-corrected chi connectivity index (χ0v) is 21.6. The van der Waals surface area contributed by atoms with Gasteiger partial charge >= 0.3 is 0 Å². The van der Waals surface area contributed by atoms with E-state index < -0.39 is 15.9 Å². The van der Waals surface area contributed by atoms with Crippen molar-refractivity contribution in [1.82, 2.24) is 4.31 Å². The summed E-state index contributed by atoms with van der Waals surface area (Å²) in [4.78, 5) is 27.5. The Morgan fingerprint density at radius 3 is 2.40 bits per heavy atom. The average Bonchev–Trinajstić information content (AvgIpc) is 3.27. The maximum Gasteiger partial charge on any atom is 0.258 e. The van der Waals surface area contributed by atoms with Crippen LogP contribution in [0.2, 0.25) is 0 Å². The lowest BCUT2D eigenvalue weighted by molar-refractivity contribution is -0.116. The second-order valence-corrected chi connectivity index (χ2v) is 11.0. The van der Waals surface area contributed by atoms with Crippen molar-refractivity contribution >= 4 is 49.1 Å². The Morgan fingerprint density at radius 2 is 1.74 bits per heavy atom. The van der Waals surface area contributed by atoms with Gasteiger partial charge in [-0.3, -0.25) is 9.59 Å². The van der Waals surface area contributed by atoms with E-state index >= 15 is 0 Å². The highest BCUT2D eigenvalue weighted by molar-refractivity contribution is 9.10. The third-order valence-corrected chi connectivity index (χ3v) is 8.08. The minimum absolute atomic E-state index is 0.0983. The number of nitrogens with zero attached hydrogens (tertiary/aromatic N) is 2. The normalized spacial score (nSPS) is 13.0. The molecule has 3 aromatic carbocycles. The van der Waals surface area contributed by atoms with Gasteiger partial charge in [-0.25, -0.2) is 8.42 Å². The summed E-state index contributed by atoms with van der Waals surface area (Å²) >= 11 is 3.28. The number of rotatable bonds is 7. The van der Waals surface area contributed by atoms with Gasteiger partial charge in [-0.1, -0.05) is 22.0 Å². The van der Waals surface area contributed by atoms with Crippen LogP contribution in [-0.2, 0) is 21.2 Å². The van der Waals surface area contributed by atoms with Crippen molar-refractivity contribution in [2.24, 2.45) is 0 Å². The van der Waals surface area contributed by atoms with Crippen LogP contribution in [-0.4, -0.2) is 51.8 Å². The van der Waals surface area contributed by atoms with Crippen molar-refractivity contribution in [1.29, 1.82) is 0 Å². The van der Waals surface area contributed by atoms with Gasteiger partial charge < -0.3 is 15.0 Å². The van der Waals surface area contributed by atoms with Gasteiger partial charge in [0.25, 0.3) is 5.91 Å². The van der Waals surface area contributed by atoms with Crippen LogP contribution < -0.4 is 15.0 Å². The minimum atomic E-state index is -3.82. The fourth-order valence-corrected chi connectivity index (χ4v) is 5.22. The summed E-state index contributed by atoms with van der Waals surface area (Å²) in [6, 6.07) is 18.5. The molecule has 0 aliphatic carbocycles. The van der Waals surface area contributed by atoms with Gasteiger partial charge in [0.05, 0.1) is 18.6 Å². The van der Waals surface area contributed by atoms with E-state index in [1.165, 1.54) is 19.2 Å². The maximum atomic E-state index is 13.1. The molecule has 8 nitrogen and oxygen atoms in total. The third-order valence-electron chi connectivity index (χ3n) is 5.73. The molecule has 0 saturated carbocycles. The molecule has 1 aliphatic rings. The molecule has 10 heteroatoms. The molecule has 0 unspecified atom stereocenters. The van der Waals surface area contributed by atoms with Gasteiger partial charge in [-0.05, 0) is 72.6 Å². The van der Waals surface area contributed by atoms with E-state index in [0.29, 0.717) is 30.0 Å². The van der Waals surface area contributed by atoms with Crippen molar-refractivity contribution in [2.75, 3.05) is 37.5 Å². The number of methoxy groups -OCH3 is 1. The number of anilines is 2. The van der Waals surface area contributed by atoms with Gasteiger partial charge in [0.2, 0.25) is 15.9 Å².